The van der Waals surface area contributed by atoms with Crippen molar-refractivity contribution < 1.29 is 0 Å². The highest BCUT2D eigenvalue weighted by atomic mass is 15.1. The van der Waals surface area contributed by atoms with Crippen molar-refractivity contribution in [2.45, 2.75) is 0 Å². The Morgan fingerprint density at radius 1 is 1.10 bits per heavy atom. The van der Waals surface area contributed by atoms with Gasteiger partial charge in [0.15, 0.2) is 0 Å². The molecule has 0 spiro atoms. The zero-order valence-corrected chi connectivity index (χ0v) is 5.23. The number of hydrogen-bond donors (Lipinski definition) is 0. The van der Waals surface area contributed by atoms with Gasteiger partial charge in [-0.15, -0.1) is 0 Å². The summed E-state index contributed by atoms with van der Waals surface area (Å²) in [5, 5.41) is 8.65. The van der Waals surface area contributed by atoms with E-state index in [2.05, 4.69) is 15.2 Å². The molecule has 0 fully saturated rings. The van der Waals surface area contributed by atoms with Crippen LogP contribution in [-0.4, -0.2) is 15.2 Å². The van der Waals surface area contributed by atoms with E-state index in [1.807, 2.05) is 12.1 Å². The lowest BCUT2D eigenvalue weighted by atomic mass is 10.3. The van der Waals surface area contributed by atoms with Crippen LogP contribution in [-0.2, 0) is 0 Å². The maximum Gasteiger partial charge on any atom is 0.0960 e. The number of rotatable bonds is 0. The van der Waals surface area contributed by atoms with Gasteiger partial charge in [0.25, 0.3) is 0 Å². The van der Waals surface area contributed by atoms with Gasteiger partial charge in [-0.25, -0.2) is 0 Å². The summed E-state index contributed by atoms with van der Waals surface area (Å²) in [7, 11) is 0. The third-order valence-electron chi connectivity index (χ3n) is 1.31. The number of hydrogen-bond acceptors (Lipinski definition) is 3. The molecular weight excluding hydrogens is 126 g/mol. The molecule has 0 aliphatic heterocycles. The Labute approximate surface area is 57.7 Å². The maximum atomic E-state index is 3.95. The minimum atomic E-state index is 0.887. The predicted octanol–water partition coefficient (Wildman–Crippen LogP) is 1.02. The van der Waals surface area contributed by atoms with E-state index < -0.39 is 0 Å². The minimum absolute atomic E-state index is 0.887. The van der Waals surface area contributed by atoms with Crippen LogP contribution in [0.2, 0.25) is 0 Å². The summed E-state index contributed by atoms with van der Waals surface area (Å²) in [6.45, 7) is 0. The third-order valence-corrected chi connectivity index (χ3v) is 1.31. The Kier molecular flexibility index (Phi) is 1.07. The summed E-state index contributed by atoms with van der Waals surface area (Å²) in [6, 6.07) is 3.72. The molecule has 2 aromatic rings. The molecule has 0 aliphatic carbocycles. The molecule has 0 amide bonds. The standard InChI is InChI=1S/C7H5N3/c1-4-9-10-7-2-3-8-5-6(1)7/h1-5H. The third kappa shape index (κ3) is 0.719. The summed E-state index contributed by atoms with van der Waals surface area (Å²) < 4.78 is 0. The molecule has 0 aliphatic rings. The van der Waals surface area contributed by atoms with Crippen LogP contribution in [0.3, 0.4) is 0 Å². The van der Waals surface area contributed by atoms with Gasteiger partial charge in [0, 0.05) is 17.8 Å². The van der Waals surface area contributed by atoms with Gasteiger partial charge >= 0.3 is 0 Å². The van der Waals surface area contributed by atoms with Gasteiger partial charge in [-0.2, -0.15) is 10.2 Å². The molecule has 48 valence electrons. The summed E-state index contributed by atoms with van der Waals surface area (Å²) in [5.74, 6) is 0. The van der Waals surface area contributed by atoms with Gasteiger partial charge in [0.05, 0.1) is 11.7 Å². The average molecular weight is 131 g/mol. The quantitative estimate of drug-likeness (QED) is 0.536. The first-order valence-corrected chi connectivity index (χ1v) is 2.98. The fourth-order valence-electron chi connectivity index (χ4n) is 0.828. The molecule has 3 nitrogen and oxygen atoms in total. The molecule has 10 heavy (non-hydrogen) atoms. The van der Waals surface area contributed by atoms with Gasteiger partial charge in [-0.3, -0.25) is 4.98 Å². The van der Waals surface area contributed by atoms with E-state index in [1.165, 1.54) is 0 Å². The van der Waals surface area contributed by atoms with Crippen molar-refractivity contribution in [3.05, 3.63) is 30.7 Å². The Balaban J connectivity index is 2.89. The van der Waals surface area contributed by atoms with Crippen LogP contribution in [0.15, 0.2) is 30.7 Å². The Hall–Kier alpha value is -1.51. The molecular formula is C7H5N3. The monoisotopic (exact) mass is 131 g/mol. The largest absolute Gasteiger partial charge is 0.264 e. The van der Waals surface area contributed by atoms with Crippen molar-refractivity contribution >= 4 is 10.9 Å². The van der Waals surface area contributed by atoms with Crippen LogP contribution >= 0.6 is 0 Å². The lowest BCUT2D eigenvalue weighted by Gasteiger charge is -1.89. The highest BCUT2D eigenvalue weighted by Crippen LogP contribution is 2.04. The lowest BCUT2D eigenvalue weighted by molar-refractivity contribution is 1.07. The van der Waals surface area contributed by atoms with Crippen LogP contribution in [0.4, 0.5) is 0 Å². The van der Waals surface area contributed by atoms with E-state index in [0.29, 0.717) is 0 Å². The number of fused-ring (bicyclic) bond motifs is 1. The molecule has 0 N–H and O–H groups in total. The molecule has 2 heterocycles. The topological polar surface area (TPSA) is 38.7 Å². The normalized spacial score (nSPS) is 10.0. The van der Waals surface area contributed by atoms with Crippen molar-refractivity contribution in [3.8, 4) is 0 Å². The van der Waals surface area contributed by atoms with E-state index in [-0.39, 0.29) is 0 Å². The van der Waals surface area contributed by atoms with E-state index in [4.69, 9.17) is 0 Å². The first kappa shape index (κ1) is 5.29. The molecule has 0 aromatic carbocycles. The smallest absolute Gasteiger partial charge is 0.0960 e. The predicted molar refractivity (Wildman–Crippen MR) is 37.3 cm³/mol. The van der Waals surface area contributed by atoms with E-state index in [1.54, 1.807) is 18.6 Å². The first-order chi connectivity index (χ1) is 4.97. The lowest BCUT2D eigenvalue weighted by Crippen LogP contribution is -1.81. The SMILES string of the molecule is c1cc2nnccc2cn1. The van der Waals surface area contributed by atoms with Gasteiger partial charge in [-0.05, 0) is 12.1 Å². The first-order valence-electron chi connectivity index (χ1n) is 2.98. The molecule has 0 atom stereocenters. The Morgan fingerprint density at radius 3 is 3.00 bits per heavy atom. The summed E-state index contributed by atoms with van der Waals surface area (Å²) in [6.07, 6.45) is 5.13. The molecule has 2 aromatic heterocycles. The Morgan fingerprint density at radius 2 is 2.10 bits per heavy atom. The van der Waals surface area contributed by atoms with Crippen molar-refractivity contribution in [1.29, 1.82) is 0 Å². The summed E-state index contributed by atoms with van der Waals surface area (Å²) in [5.41, 5.74) is 0.887. The van der Waals surface area contributed by atoms with Crippen LogP contribution in [0, 0.1) is 0 Å². The van der Waals surface area contributed by atoms with Crippen LogP contribution in [0.1, 0.15) is 0 Å². The highest BCUT2D eigenvalue weighted by molar-refractivity contribution is 5.75. The van der Waals surface area contributed by atoms with E-state index in [0.717, 1.165) is 10.9 Å². The van der Waals surface area contributed by atoms with Gasteiger partial charge in [-0.1, -0.05) is 0 Å². The van der Waals surface area contributed by atoms with Crippen molar-refractivity contribution in [2.75, 3.05) is 0 Å². The van der Waals surface area contributed by atoms with Crippen LogP contribution in [0.25, 0.3) is 10.9 Å². The number of aromatic nitrogens is 3. The fourth-order valence-corrected chi connectivity index (χ4v) is 0.828. The molecule has 2 rings (SSSR count). The zero-order valence-electron chi connectivity index (χ0n) is 5.23. The van der Waals surface area contributed by atoms with Gasteiger partial charge in [0.1, 0.15) is 0 Å². The second-order valence-corrected chi connectivity index (χ2v) is 1.97. The second kappa shape index (κ2) is 2.02. The maximum absolute atomic E-state index is 3.95. The number of nitrogens with zero attached hydrogens (tertiary/aromatic N) is 3. The van der Waals surface area contributed by atoms with Crippen LogP contribution in [0.5, 0.6) is 0 Å². The highest BCUT2D eigenvalue weighted by Gasteiger charge is 1.88. The molecule has 3 heteroatoms. The molecule has 0 saturated carbocycles. The zero-order chi connectivity index (χ0) is 6.81. The second-order valence-electron chi connectivity index (χ2n) is 1.97. The van der Waals surface area contributed by atoms with Crippen molar-refractivity contribution in [3.63, 3.8) is 0 Å². The van der Waals surface area contributed by atoms with Crippen molar-refractivity contribution in [1.82, 2.24) is 15.2 Å². The fraction of sp³-hybridized carbons (Fsp3) is 0. The van der Waals surface area contributed by atoms with Gasteiger partial charge < -0.3 is 0 Å². The number of pyridine rings is 1. The minimum Gasteiger partial charge on any atom is -0.264 e. The molecule has 0 radical (unpaired) electrons. The summed E-state index contributed by atoms with van der Waals surface area (Å²) in [4.78, 5) is 3.95. The molecule has 0 unspecified atom stereocenters. The van der Waals surface area contributed by atoms with E-state index >= 15 is 0 Å². The summed E-state index contributed by atoms with van der Waals surface area (Å²) >= 11 is 0. The average Bonchev–Trinajstić information content (AvgIpc) is 2.05. The van der Waals surface area contributed by atoms with E-state index in [9.17, 15) is 0 Å². The van der Waals surface area contributed by atoms with Crippen molar-refractivity contribution in [2.24, 2.45) is 0 Å². The molecule has 0 bridgehead atoms. The van der Waals surface area contributed by atoms with Gasteiger partial charge in [0.2, 0.25) is 0 Å². The van der Waals surface area contributed by atoms with Crippen LogP contribution < -0.4 is 0 Å². The molecule has 0 saturated heterocycles. The Bertz CT molecular complexity index is 280.